The molecule has 2 atom stereocenters. The quantitative estimate of drug-likeness (QED) is 0.697. The molecule has 2 fully saturated rings. The fraction of sp³-hybridized carbons (Fsp3) is 0.467. The summed E-state index contributed by atoms with van der Waals surface area (Å²) in [5.74, 6) is -4.91. The summed E-state index contributed by atoms with van der Waals surface area (Å²) in [6, 6.07) is 9.28. The third-order valence-electron chi connectivity index (χ3n) is 4.36. The molecule has 0 bridgehead atoms. The number of carboxylic acid groups (broad SMARTS) is 2. The van der Waals surface area contributed by atoms with Gasteiger partial charge in [-0.25, -0.2) is 0 Å². The van der Waals surface area contributed by atoms with E-state index in [-0.39, 0.29) is 19.6 Å². The van der Waals surface area contributed by atoms with Crippen LogP contribution in [0.1, 0.15) is 18.3 Å². The van der Waals surface area contributed by atoms with Crippen molar-refractivity contribution in [1.82, 2.24) is 0 Å². The summed E-state index contributed by atoms with van der Waals surface area (Å²) in [5, 5.41) is 22.1. The Bertz CT molecular complexity index is 547. The lowest BCUT2D eigenvalue weighted by atomic mass is 9.54. The van der Waals surface area contributed by atoms with Crippen molar-refractivity contribution in [2.45, 2.75) is 12.7 Å². The summed E-state index contributed by atoms with van der Waals surface area (Å²) in [6.07, 6.45) is -0.378. The van der Waals surface area contributed by atoms with Gasteiger partial charge in [-0.2, -0.15) is 0 Å². The highest BCUT2D eigenvalue weighted by Crippen LogP contribution is 2.54. The normalized spacial score (nSPS) is 35.1. The van der Waals surface area contributed by atoms with Crippen LogP contribution in [0.4, 0.5) is 0 Å². The van der Waals surface area contributed by atoms with Gasteiger partial charge in [0.15, 0.2) is 6.29 Å². The number of aliphatic carboxylic acids is 2. The summed E-state index contributed by atoms with van der Waals surface area (Å²) in [5.41, 5.74) is 0.0163. The van der Waals surface area contributed by atoms with E-state index in [1.807, 2.05) is 30.3 Å². The molecule has 21 heavy (non-hydrogen) atoms. The van der Waals surface area contributed by atoms with Crippen molar-refractivity contribution < 1.29 is 29.3 Å². The van der Waals surface area contributed by atoms with E-state index in [0.29, 0.717) is 0 Å². The maximum absolute atomic E-state index is 11.2. The zero-order valence-corrected chi connectivity index (χ0v) is 11.2. The topological polar surface area (TPSA) is 98.7 Å². The third kappa shape index (κ3) is 2.30. The molecule has 1 aliphatic carbocycles. The number of rotatable bonds is 3. The van der Waals surface area contributed by atoms with Crippen LogP contribution in [-0.2, 0) is 19.1 Å². The van der Waals surface area contributed by atoms with E-state index in [1.54, 1.807) is 0 Å². The van der Waals surface area contributed by atoms with Crippen molar-refractivity contribution in [2.24, 2.45) is 17.3 Å². The lowest BCUT2D eigenvalue weighted by Gasteiger charge is -2.57. The number of carboxylic acids is 2. The molecule has 112 valence electrons. The fourth-order valence-corrected chi connectivity index (χ4v) is 3.26. The molecule has 0 amide bonds. The van der Waals surface area contributed by atoms with Crippen LogP contribution in [0, 0.1) is 17.3 Å². The predicted molar refractivity (Wildman–Crippen MR) is 65.1 cm³/mol. The molecule has 1 aliphatic heterocycles. The average molecular weight is 290 g/mol. The molecule has 3 rings (SSSR count). The van der Waals surface area contributed by atoms with Crippen LogP contribution in [0.25, 0.3) is 0 Å². The Morgan fingerprint density at radius 3 is 2.19 bits per heavy atom. The Morgan fingerprint density at radius 2 is 1.67 bits per heavy atom. The number of benzene rings is 1. The number of carbonyl (C=O) groups is 2. The minimum Gasteiger partial charge on any atom is -0.550 e. The van der Waals surface area contributed by atoms with Gasteiger partial charge in [-0.3, -0.25) is 0 Å². The highest BCUT2D eigenvalue weighted by molar-refractivity contribution is 5.81. The summed E-state index contributed by atoms with van der Waals surface area (Å²) in [4.78, 5) is 22.1. The molecule has 6 heteroatoms. The van der Waals surface area contributed by atoms with Crippen LogP contribution in [0.3, 0.4) is 0 Å². The van der Waals surface area contributed by atoms with Gasteiger partial charge in [0.25, 0.3) is 0 Å². The van der Waals surface area contributed by atoms with Crippen LogP contribution >= 0.6 is 0 Å². The Morgan fingerprint density at radius 1 is 1.05 bits per heavy atom. The van der Waals surface area contributed by atoms with Crippen molar-refractivity contribution in [2.75, 3.05) is 13.2 Å². The predicted octanol–water partition coefficient (Wildman–Crippen LogP) is -1.15. The molecule has 1 spiro atoms. The highest BCUT2D eigenvalue weighted by Gasteiger charge is 2.57. The molecule has 1 saturated heterocycles. The molecular formula is C15H14O6-2. The van der Waals surface area contributed by atoms with Gasteiger partial charge >= 0.3 is 0 Å². The van der Waals surface area contributed by atoms with Crippen molar-refractivity contribution in [3.63, 3.8) is 0 Å². The lowest BCUT2D eigenvalue weighted by molar-refractivity contribution is -0.356. The minimum absolute atomic E-state index is 0.134. The van der Waals surface area contributed by atoms with E-state index in [4.69, 9.17) is 9.47 Å². The third-order valence-corrected chi connectivity index (χ3v) is 4.36. The number of hydrogen-bond acceptors (Lipinski definition) is 6. The maximum Gasteiger partial charge on any atom is 0.183 e. The number of ether oxygens (including phenoxy) is 2. The second kappa shape index (κ2) is 5.13. The van der Waals surface area contributed by atoms with E-state index in [9.17, 15) is 19.8 Å². The zero-order chi connectivity index (χ0) is 15.0. The Kier molecular flexibility index (Phi) is 3.43. The molecule has 1 saturated carbocycles. The second-order valence-corrected chi connectivity index (χ2v) is 5.65. The van der Waals surface area contributed by atoms with Gasteiger partial charge in [-0.15, -0.1) is 0 Å². The standard InChI is InChI=1S/C15H16O6/c16-12(17)10-6-15(11(10)13(18)19)7-20-14(21-8-15)9-4-2-1-3-5-9/h1-5,10-11,14H,6-8H2,(H,16,17)(H,18,19)/p-2/t10-,11-,14?,15?/m0/s1. The molecule has 0 N–H and O–H groups in total. The Hall–Kier alpha value is -1.92. The molecule has 2 aliphatic rings. The smallest absolute Gasteiger partial charge is 0.183 e. The zero-order valence-electron chi connectivity index (χ0n) is 11.2. The van der Waals surface area contributed by atoms with Gasteiger partial charge in [-0.05, 0) is 6.42 Å². The van der Waals surface area contributed by atoms with Gasteiger partial charge in [0.1, 0.15) is 0 Å². The SMILES string of the molecule is O=C([O-])[C@H]1CC2(COC(c3ccccc3)OC2)[C@@H]1C(=O)[O-]. The second-order valence-electron chi connectivity index (χ2n) is 5.65. The fourth-order valence-electron chi connectivity index (χ4n) is 3.26. The molecule has 1 aromatic rings. The van der Waals surface area contributed by atoms with Crippen molar-refractivity contribution in [3.8, 4) is 0 Å². The molecule has 0 aromatic heterocycles. The van der Waals surface area contributed by atoms with Crippen LogP contribution in [0.15, 0.2) is 30.3 Å². The number of carbonyl (C=O) groups excluding carboxylic acids is 2. The first-order chi connectivity index (χ1) is 10.0. The van der Waals surface area contributed by atoms with Crippen LogP contribution in [0.5, 0.6) is 0 Å². The first-order valence-electron chi connectivity index (χ1n) is 6.73. The molecule has 0 unspecified atom stereocenters. The lowest BCUT2D eigenvalue weighted by Crippen LogP contribution is -2.65. The molecule has 6 nitrogen and oxygen atoms in total. The van der Waals surface area contributed by atoms with Crippen molar-refractivity contribution in [1.29, 1.82) is 0 Å². The summed E-state index contributed by atoms with van der Waals surface area (Å²) in [6.45, 7) is 0.268. The monoisotopic (exact) mass is 290 g/mol. The average Bonchev–Trinajstić information content (AvgIpc) is 2.45. The highest BCUT2D eigenvalue weighted by atomic mass is 16.7. The molecule has 1 aromatic carbocycles. The van der Waals surface area contributed by atoms with Crippen LogP contribution in [0.2, 0.25) is 0 Å². The van der Waals surface area contributed by atoms with Crippen molar-refractivity contribution in [3.05, 3.63) is 35.9 Å². The Labute approximate surface area is 121 Å². The van der Waals surface area contributed by atoms with Gasteiger partial charge in [0.2, 0.25) is 0 Å². The van der Waals surface area contributed by atoms with Gasteiger partial charge in [0, 0.05) is 34.8 Å². The van der Waals surface area contributed by atoms with Gasteiger partial charge in [0.05, 0.1) is 13.2 Å². The molecule has 0 radical (unpaired) electrons. The first kappa shape index (κ1) is 14.0. The van der Waals surface area contributed by atoms with Crippen LogP contribution < -0.4 is 10.2 Å². The van der Waals surface area contributed by atoms with Gasteiger partial charge < -0.3 is 29.3 Å². The van der Waals surface area contributed by atoms with E-state index in [0.717, 1.165) is 5.56 Å². The largest absolute Gasteiger partial charge is 0.550 e. The summed E-state index contributed by atoms with van der Waals surface area (Å²) in [7, 11) is 0. The van der Waals surface area contributed by atoms with E-state index < -0.39 is 35.5 Å². The van der Waals surface area contributed by atoms with Gasteiger partial charge in [-0.1, -0.05) is 30.3 Å². The maximum atomic E-state index is 11.2. The van der Waals surface area contributed by atoms with E-state index in [2.05, 4.69) is 0 Å². The minimum atomic E-state index is -1.39. The first-order valence-corrected chi connectivity index (χ1v) is 6.73. The molecular weight excluding hydrogens is 276 g/mol. The van der Waals surface area contributed by atoms with Crippen molar-refractivity contribution >= 4 is 11.9 Å². The Balaban J connectivity index is 1.70. The molecule has 1 heterocycles. The van der Waals surface area contributed by atoms with Crippen LogP contribution in [-0.4, -0.2) is 25.2 Å². The summed E-state index contributed by atoms with van der Waals surface area (Å²) >= 11 is 0. The summed E-state index contributed by atoms with van der Waals surface area (Å²) < 4.78 is 11.2. The number of hydrogen-bond donors (Lipinski definition) is 0. The van der Waals surface area contributed by atoms with E-state index >= 15 is 0 Å². The van der Waals surface area contributed by atoms with E-state index in [1.165, 1.54) is 0 Å².